The minimum absolute atomic E-state index is 0.115. The number of primary amides is 1. The van der Waals surface area contributed by atoms with E-state index in [1.54, 1.807) is 0 Å². The average Bonchev–Trinajstić information content (AvgIpc) is 2.71. The highest BCUT2D eigenvalue weighted by molar-refractivity contribution is 5.96. The van der Waals surface area contributed by atoms with Crippen molar-refractivity contribution in [1.82, 2.24) is 4.90 Å². The van der Waals surface area contributed by atoms with Crippen LogP contribution in [-0.2, 0) is 9.59 Å². The van der Waals surface area contributed by atoms with Gasteiger partial charge in [-0.3, -0.25) is 14.5 Å². The van der Waals surface area contributed by atoms with E-state index >= 15 is 0 Å². The summed E-state index contributed by atoms with van der Waals surface area (Å²) < 4.78 is 5.63. The van der Waals surface area contributed by atoms with Crippen LogP contribution in [0.4, 0.5) is 5.69 Å². The predicted octanol–water partition coefficient (Wildman–Crippen LogP) is 2.96. The van der Waals surface area contributed by atoms with E-state index < -0.39 is 6.04 Å². The second kappa shape index (κ2) is 9.37. The molecule has 28 heavy (non-hydrogen) atoms. The monoisotopic (exact) mass is 381 g/mol. The molecular formula is C22H27N3O3. The van der Waals surface area contributed by atoms with Crippen LogP contribution in [0.2, 0.25) is 0 Å². The SMILES string of the molecule is CCOc1ccccc1NC(=O)[C@@H](c1ccccc1)N1CCC(C(N)=O)CC1. The molecule has 1 aliphatic heterocycles. The smallest absolute Gasteiger partial charge is 0.246 e. The van der Waals surface area contributed by atoms with E-state index in [-0.39, 0.29) is 17.7 Å². The quantitative estimate of drug-likeness (QED) is 0.772. The van der Waals surface area contributed by atoms with Gasteiger partial charge in [0, 0.05) is 5.92 Å². The number of para-hydroxylation sites is 2. The lowest BCUT2D eigenvalue weighted by Gasteiger charge is -2.36. The van der Waals surface area contributed by atoms with Crippen LogP contribution in [0, 0.1) is 5.92 Å². The molecule has 6 heteroatoms. The van der Waals surface area contributed by atoms with Crippen molar-refractivity contribution in [3.05, 3.63) is 60.2 Å². The Hall–Kier alpha value is -2.86. The number of carbonyl (C=O) groups excluding carboxylic acids is 2. The van der Waals surface area contributed by atoms with Crippen LogP contribution in [0.5, 0.6) is 5.75 Å². The summed E-state index contributed by atoms with van der Waals surface area (Å²) >= 11 is 0. The summed E-state index contributed by atoms with van der Waals surface area (Å²) in [5.41, 5.74) is 7.03. The van der Waals surface area contributed by atoms with Crippen LogP contribution in [0.3, 0.4) is 0 Å². The Labute approximate surface area is 165 Å². The topological polar surface area (TPSA) is 84.7 Å². The van der Waals surface area contributed by atoms with Crippen molar-refractivity contribution < 1.29 is 14.3 Å². The number of likely N-dealkylation sites (tertiary alicyclic amines) is 1. The Balaban J connectivity index is 1.82. The van der Waals surface area contributed by atoms with E-state index in [1.165, 1.54) is 0 Å². The minimum Gasteiger partial charge on any atom is -0.492 e. The van der Waals surface area contributed by atoms with Gasteiger partial charge in [-0.15, -0.1) is 0 Å². The number of nitrogens with zero attached hydrogens (tertiary/aromatic N) is 1. The van der Waals surface area contributed by atoms with Crippen LogP contribution in [0.25, 0.3) is 0 Å². The first kappa shape index (κ1) is 19.9. The first-order valence-corrected chi connectivity index (χ1v) is 9.71. The number of amides is 2. The number of nitrogens with two attached hydrogens (primary N) is 1. The molecule has 2 aromatic rings. The van der Waals surface area contributed by atoms with E-state index in [4.69, 9.17) is 10.5 Å². The number of anilines is 1. The fourth-order valence-electron chi connectivity index (χ4n) is 3.66. The summed E-state index contributed by atoms with van der Waals surface area (Å²) in [6.45, 7) is 3.73. The van der Waals surface area contributed by atoms with Crippen LogP contribution in [0.15, 0.2) is 54.6 Å². The number of ether oxygens (including phenoxy) is 1. The molecule has 1 heterocycles. The Kier molecular flexibility index (Phi) is 6.66. The normalized spacial score (nSPS) is 16.3. The van der Waals surface area contributed by atoms with Gasteiger partial charge in [0.1, 0.15) is 11.8 Å². The standard InChI is InChI=1S/C22H27N3O3/c1-2-28-19-11-7-6-10-18(19)24-22(27)20(16-8-4-3-5-9-16)25-14-12-17(13-15-25)21(23)26/h3-11,17,20H,2,12-15H2,1H3,(H2,23,26)(H,24,27)/t20-/m1/s1. The van der Waals surface area contributed by atoms with Crippen molar-refractivity contribution in [3.63, 3.8) is 0 Å². The molecule has 0 radical (unpaired) electrons. The maximum atomic E-state index is 13.3. The number of rotatable bonds is 7. The number of piperidine rings is 1. The summed E-state index contributed by atoms with van der Waals surface area (Å²) in [5, 5.41) is 3.03. The molecule has 2 amide bonds. The third-order valence-electron chi connectivity index (χ3n) is 5.11. The number of nitrogens with one attached hydrogen (secondary N) is 1. The fourth-order valence-corrected chi connectivity index (χ4v) is 3.66. The van der Waals surface area contributed by atoms with Gasteiger partial charge in [-0.2, -0.15) is 0 Å². The maximum absolute atomic E-state index is 13.3. The number of hydrogen-bond acceptors (Lipinski definition) is 4. The molecule has 3 rings (SSSR count). The highest BCUT2D eigenvalue weighted by atomic mass is 16.5. The zero-order valence-corrected chi connectivity index (χ0v) is 16.1. The molecule has 1 fully saturated rings. The molecule has 1 atom stereocenters. The Morgan fingerprint density at radius 3 is 2.39 bits per heavy atom. The molecule has 148 valence electrons. The van der Waals surface area contributed by atoms with Gasteiger partial charge in [-0.25, -0.2) is 0 Å². The second-order valence-electron chi connectivity index (χ2n) is 6.94. The average molecular weight is 381 g/mol. The zero-order chi connectivity index (χ0) is 19.9. The van der Waals surface area contributed by atoms with Gasteiger partial charge >= 0.3 is 0 Å². The lowest BCUT2D eigenvalue weighted by molar-refractivity contribution is -0.125. The molecule has 2 aromatic carbocycles. The van der Waals surface area contributed by atoms with Crippen LogP contribution >= 0.6 is 0 Å². The largest absolute Gasteiger partial charge is 0.492 e. The van der Waals surface area contributed by atoms with Gasteiger partial charge in [0.2, 0.25) is 11.8 Å². The van der Waals surface area contributed by atoms with Gasteiger partial charge in [0.15, 0.2) is 0 Å². The van der Waals surface area contributed by atoms with Crippen molar-refractivity contribution in [3.8, 4) is 5.75 Å². The highest BCUT2D eigenvalue weighted by Crippen LogP contribution is 2.30. The maximum Gasteiger partial charge on any atom is 0.246 e. The molecule has 0 bridgehead atoms. The fraction of sp³-hybridized carbons (Fsp3) is 0.364. The van der Waals surface area contributed by atoms with Crippen molar-refractivity contribution in [2.45, 2.75) is 25.8 Å². The van der Waals surface area contributed by atoms with Gasteiger partial charge in [0.05, 0.1) is 12.3 Å². The van der Waals surface area contributed by atoms with Crippen molar-refractivity contribution in [2.24, 2.45) is 11.7 Å². The first-order valence-electron chi connectivity index (χ1n) is 9.71. The Morgan fingerprint density at radius 2 is 1.75 bits per heavy atom. The second-order valence-corrected chi connectivity index (χ2v) is 6.94. The Morgan fingerprint density at radius 1 is 1.11 bits per heavy atom. The van der Waals surface area contributed by atoms with E-state index in [0.29, 0.717) is 44.0 Å². The first-order chi connectivity index (χ1) is 13.6. The summed E-state index contributed by atoms with van der Waals surface area (Å²) in [5.74, 6) is 0.161. The van der Waals surface area contributed by atoms with Crippen molar-refractivity contribution >= 4 is 17.5 Å². The molecule has 1 saturated heterocycles. The van der Waals surface area contributed by atoms with Gasteiger partial charge in [0.25, 0.3) is 0 Å². The van der Waals surface area contributed by atoms with Crippen molar-refractivity contribution in [2.75, 3.05) is 25.0 Å². The van der Waals surface area contributed by atoms with E-state index in [0.717, 1.165) is 5.56 Å². The lowest BCUT2D eigenvalue weighted by Crippen LogP contribution is -2.44. The van der Waals surface area contributed by atoms with Crippen LogP contribution in [0.1, 0.15) is 31.4 Å². The van der Waals surface area contributed by atoms with Crippen molar-refractivity contribution in [1.29, 1.82) is 0 Å². The molecule has 0 unspecified atom stereocenters. The van der Waals surface area contributed by atoms with E-state index in [1.807, 2.05) is 61.5 Å². The molecule has 0 aliphatic carbocycles. The molecule has 3 N–H and O–H groups in total. The molecule has 6 nitrogen and oxygen atoms in total. The number of benzene rings is 2. The van der Waals surface area contributed by atoms with Crippen LogP contribution in [-0.4, -0.2) is 36.4 Å². The van der Waals surface area contributed by atoms with Gasteiger partial charge < -0.3 is 15.8 Å². The molecule has 0 saturated carbocycles. The van der Waals surface area contributed by atoms with Gasteiger partial charge in [-0.05, 0) is 50.6 Å². The number of carbonyl (C=O) groups is 2. The number of hydrogen-bond donors (Lipinski definition) is 2. The third kappa shape index (κ3) is 4.70. The summed E-state index contributed by atoms with van der Waals surface area (Å²) in [6, 6.07) is 16.7. The third-order valence-corrected chi connectivity index (χ3v) is 5.11. The lowest BCUT2D eigenvalue weighted by atomic mass is 9.93. The molecule has 1 aliphatic rings. The minimum atomic E-state index is -0.440. The summed E-state index contributed by atoms with van der Waals surface area (Å²) in [4.78, 5) is 26.9. The Bertz CT molecular complexity index is 802. The molecule has 0 spiro atoms. The van der Waals surface area contributed by atoms with E-state index in [9.17, 15) is 9.59 Å². The van der Waals surface area contributed by atoms with Gasteiger partial charge in [-0.1, -0.05) is 42.5 Å². The molecule has 0 aromatic heterocycles. The summed E-state index contributed by atoms with van der Waals surface area (Å²) in [6.07, 6.45) is 1.34. The zero-order valence-electron chi connectivity index (χ0n) is 16.1. The highest BCUT2D eigenvalue weighted by Gasteiger charge is 2.32. The summed E-state index contributed by atoms with van der Waals surface area (Å²) in [7, 11) is 0. The molecular weight excluding hydrogens is 354 g/mol. The van der Waals surface area contributed by atoms with E-state index in [2.05, 4.69) is 10.2 Å². The predicted molar refractivity (Wildman–Crippen MR) is 109 cm³/mol. The van der Waals surface area contributed by atoms with Crippen LogP contribution < -0.4 is 15.8 Å².